The van der Waals surface area contributed by atoms with Crippen LogP contribution in [0.3, 0.4) is 0 Å². The van der Waals surface area contributed by atoms with Crippen LogP contribution in [0.5, 0.6) is 0 Å². The molecule has 2 aromatic heterocycles. The van der Waals surface area contributed by atoms with Crippen molar-refractivity contribution in [3.05, 3.63) is 80.4 Å². The molecule has 3 heterocycles. The van der Waals surface area contributed by atoms with Gasteiger partial charge in [0.15, 0.2) is 5.82 Å². The van der Waals surface area contributed by atoms with E-state index in [0.29, 0.717) is 24.5 Å². The molecule has 0 radical (unpaired) electrons. The van der Waals surface area contributed by atoms with E-state index in [1.54, 1.807) is 11.8 Å². The van der Waals surface area contributed by atoms with Crippen LogP contribution in [0.25, 0.3) is 10.9 Å². The fraction of sp³-hybridized carbons (Fsp3) is 0.429. The number of rotatable bonds is 7. The third-order valence-corrected chi connectivity index (χ3v) is 7.48. The summed E-state index contributed by atoms with van der Waals surface area (Å²) in [6, 6.07) is 12.4. The molecule has 1 N–H and O–H groups in total. The van der Waals surface area contributed by atoms with Crippen molar-refractivity contribution in [2.45, 2.75) is 40.3 Å². The van der Waals surface area contributed by atoms with Gasteiger partial charge in [-0.2, -0.15) is 0 Å². The van der Waals surface area contributed by atoms with Crippen LogP contribution in [-0.2, 0) is 11.3 Å². The number of ether oxygens (including phenoxy) is 1. The second-order valence-corrected chi connectivity index (χ2v) is 10.0. The Bertz CT molecular complexity index is 1470. The van der Waals surface area contributed by atoms with Gasteiger partial charge in [-0.15, -0.1) is 5.10 Å². The highest BCUT2D eigenvalue weighted by Crippen LogP contribution is 2.30. The minimum Gasteiger partial charge on any atom is -0.383 e. The number of methoxy groups -OCH3 is 1. The van der Waals surface area contributed by atoms with Crippen molar-refractivity contribution >= 4 is 16.6 Å². The number of pyridine rings is 1. The Kier molecular flexibility index (Phi) is 7.08. The molecule has 2 aromatic carbocycles. The first kappa shape index (κ1) is 25.1. The number of nitrogens with zero attached hydrogens (tertiary/aromatic N) is 6. The number of piperazine rings is 1. The molecule has 0 amide bonds. The number of aromatic amines is 1. The highest BCUT2D eigenvalue weighted by Gasteiger charge is 2.33. The van der Waals surface area contributed by atoms with E-state index >= 15 is 0 Å². The van der Waals surface area contributed by atoms with E-state index in [2.05, 4.69) is 82.3 Å². The molecule has 5 rings (SSSR count). The van der Waals surface area contributed by atoms with Gasteiger partial charge in [0.1, 0.15) is 6.04 Å². The Hall–Kier alpha value is -3.56. The monoisotopic (exact) mass is 501 g/mol. The van der Waals surface area contributed by atoms with Crippen molar-refractivity contribution in [1.29, 1.82) is 0 Å². The van der Waals surface area contributed by atoms with E-state index in [-0.39, 0.29) is 11.6 Å². The molecule has 1 atom stereocenters. The van der Waals surface area contributed by atoms with E-state index in [1.807, 2.05) is 12.1 Å². The number of fused-ring (bicyclic) bond motifs is 1. The van der Waals surface area contributed by atoms with Gasteiger partial charge in [0.25, 0.3) is 5.56 Å². The molecule has 0 unspecified atom stereocenters. The summed E-state index contributed by atoms with van der Waals surface area (Å²) in [5.41, 5.74) is 7.53. The summed E-state index contributed by atoms with van der Waals surface area (Å²) in [6.07, 6.45) is 0. The smallest absolute Gasteiger partial charge is 0.253 e. The largest absolute Gasteiger partial charge is 0.383 e. The fourth-order valence-electron chi connectivity index (χ4n) is 5.22. The van der Waals surface area contributed by atoms with Crippen molar-refractivity contribution < 1.29 is 4.74 Å². The fourth-order valence-corrected chi connectivity index (χ4v) is 5.22. The van der Waals surface area contributed by atoms with Crippen LogP contribution in [0.2, 0.25) is 0 Å². The SMILES string of the molecule is COCCn1nnnc1[C@H](c1cc2cc(C)c(C)cc2[nH]c1=O)N1CCN(c2cc(C)ccc2C)CC1. The van der Waals surface area contributed by atoms with Crippen LogP contribution in [0.15, 0.2) is 41.2 Å². The number of benzene rings is 2. The minimum absolute atomic E-state index is 0.112. The van der Waals surface area contributed by atoms with Crippen LogP contribution in [0, 0.1) is 27.7 Å². The lowest BCUT2D eigenvalue weighted by Crippen LogP contribution is -2.49. The van der Waals surface area contributed by atoms with Crippen LogP contribution in [-0.4, -0.2) is 70.0 Å². The number of aromatic nitrogens is 5. The average Bonchev–Trinajstić information content (AvgIpc) is 3.34. The highest BCUT2D eigenvalue weighted by molar-refractivity contribution is 5.81. The zero-order valence-corrected chi connectivity index (χ0v) is 22.3. The predicted molar refractivity (Wildman–Crippen MR) is 145 cm³/mol. The van der Waals surface area contributed by atoms with Gasteiger partial charge in [0.2, 0.25) is 0 Å². The van der Waals surface area contributed by atoms with Gasteiger partial charge in [-0.05, 0) is 90.0 Å². The molecule has 9 heteroatoms. The Balaban J connectivity index is 1.53. The summed E-state index contributed by atoms with van der Waals surface area (Å²) >= 11 is 0. The molecule has 1 aliphatic heterocycles. The number of anilines is 1. The van der Waals surface area contributed by atoms with E-state index in [1.165, 1.54) is 22.4 Å². The van der Waals surface area contributed by atoms with Crippen molar-refractivity contribution in [3.8, 4) is 0 Å². The standard InChI is InChI=1S/C28H35N7O2/c1-18-6-7-19(2)25(14-18)33-8-10-34(11-9-33)26(27-30-31-32-35(27)12-13-37-5)23-17-22-15-20(3)21(4)16-24(22)29-28(23)36/h6-7,14-17,26H,8-13H2,1-5H3,(H,29,36)/t26-/m0/s1. The highest BCUT2D eigenvalue weighted by atomic mass is 16.5. The minimum atomic E-state index is -0.373. The van der Waals surface area contributed by atoms with Crippen LogP contribution < -0.4 is 10.5 Å². The first-order valence-electron chi connectivity index (χ1n) is 12.8. The summed E-state index contributed by atoms with van der Waals surface area (Å²) in [5.74, 6) is 0.658. The number of aryl methyl sites for hydroxylation is 4. The molecule has 4 aromatic rings. The Morgan fingerprint density at radius 2 is 1.73 bits per heavy atom. The summed E-state index contributed by atoms with van der Waals surface area (Å²) in [4.78, 5) is 21.4. The third-order valence-electron chi connectivity index (χ3n) is 7.48. The lowest BCUT2D eigenvalue weighted by molar-refractivity contribution is 0.171. The van der Waals surface area contributed by atoms with Gasteiger partial charge in [-0.1, -0.05) is 12.1 Å². The van der Waals surface area contributed by atoms with Gasteiger partial charge in [0.05, 0.1) is 13.2 Å². The maximum atomic E-state index is 13.5. The van der Waals surface area contributed by atoms with Crippen molar-refractivity contribution in [2.75, 3.05) is 44.8 Å². The molecule has 0 spiro atoms. The quantitative estimate of drug-likeness (QED) is 0.415. The second kappa shape index (κ2) is 10.4. The van der Waals surface area contributed by atoms with Gasteiger partial charge in [-0.3, -0.25) is 9.69 Å². The van der Waals surface area contributed by atoms with Crippen molar-refractivity contribution in [1.82, 2.24) is 30.1 Å². The molecule has 0 aliphatic carbocycles. The maximum absolute atomic E-state index is 13.5. The summed E-state index contributed by atoms with van der Waals surface area (Å²) in [7, 11) is 1.66. The molecule has 1 saturated heterocycles. The van der Waals surface area contributed by atoms with E-state index in [4.69, 9.17) is 4.74 Å². The molecular weight excluding hydrogens is 466 g/mol. The van der Waals surface area contributed by atoms with E-state index < -0.39 is 0 Å². The molecule has 194 valence electrons. The summed E-state index contributed by atoms with van der Waals surface area (Å²) in [6.45, 7) is 12.7. The van der Waals surface area contributed by atoms with Crippen LogP contribution in [0.4, 0.5) is 5.69 Å². The normalized spacial score (nSPS) is 15.4. The predicted octanol–water partition coefficient (Wildman–Crippen LogP) is 3.31. The number of hydrogen-bond donors (Lipinski definition) is 1. The van der Waals surface area contributed by atoms with Gasteiger partial charge >= 0.3 is 0 Å². The molecule has 1 aliphatic rings. The van der Waals surface area contributed by atoms with Crippen LogP contribution >= 0.6 is 0 Å². The molecule has 0 bridgehead atoms. The lowest BCUT2D eigenvalue weighted by Gasteiger charge is -2.40. The third kappa shape index (κ3) is 5.01. The number of hydrogen-bond acceptors (Lipinski definition) is 7. The molecular formula is C28H35N7O2. The van der Waals surface area contributed by atoms with Gasteiger partial charge in [0, 0.05) is 50.1 Å². The lowest BCUT2D eigenvalue weighted by atomic mass is 10.00. The average molecular weight is 502 g/mol. The topological polar surface area (TPSA) is 92.2 Å². The van der Waals surface area contributed by atoms with Crippen molar-refractivity contribution in [3.63, 3.8) is 0 Å². The molecule has 0 saturated carbocycles. The van der Waals surface area contributed by atoms with E-state index in [0.717, 1.165) is 42.6 Å². The first-order chi connectivity index (χ1) is 17.9. The Labute approximate surface area is 217 Å². The molecule has 37 heavy (non-hydrogen) atoms. The zero-order valence-electron chi connectivity index (χ0n) is 22.3. The van der Waals surface area contributed by atoms with Gasteiger partial charge in [-0.25, -0.2) is 4.68 Å². The molecule has 1 fully saturated rings. The Morgan fingerprint density at radius 3 is 2.49 bits per heavy atom. The van der Waals surface area contributed by atoms with Gasteiger partial charge < -0.3 is 14.6 Å². The maximum Gasteiger partial charge on any atom is 0.253 e. The summed E-state index contributed by atoms with van der Waals surface area (Å²) in [5, 5.41) is 13.6. The van der Waals surface area contributed by atoms with E-state index in [9.17, 15) is 4.79 Å². The number of H-pyrrole nitrogens is 1. The summed E-state index contributed by atoms with van der Waals surface area (Å²) < 4.78 is 7.05. The molecule has 9 nitrogen and oxygen atoms in total. The number of tetrazole rings is 1. The van der Waals surface area contributed by atoms with Crippen LogP contribution in [0.1, 0.15) is 39.7 Å². The van der Waals surface area contributed by atoms with Crippen molar-refractivity contribution in [2.24, 2.45) is 0 Å². The first-order valence-corrected chi connectivity index (χ1v) is 12.8. The number of nitrogens with one attached hydrogen (secondary N) is 1. The Morgan fingerprint density at radius 1 is 0.973 bits per heavy atom. The second-order valence-electron chi connectivity index (χ2n) is 10.0. The zero-order chi connectivity index (χ0) is 26.1.